The average molecular weight is 241 g/mol. The molecular weight excluding hydrogens is 224 g/mol. The van der Waals surface area contributed by atoms with E-state index in [2.05, 4.69) is 28.7 Å². The number of nitrogen functional groups attached to an aromatic ring is 1. The average Bonchev–Trinajstić information content (AvgIpc) is 2.70. The summed E-state index contributed by atoms with van der Waals surface area (Å²) >= 11 is 6.08. The van der Waals surface area contributed by atoms with E-state index in [9.17, 15) is 0 Å². The number of hydrogen-bond donors (Lipinski definition) is 1. The third-order valence-corrected chi connectivity index (χ3v) is 3.48. The van der Waals surface area contributed by atoms with Crippen LogP contribution in [0.4, 0.5) is 11.8 Å². The largest absolute Gasteiger partial charge is 0.368 e. The van der Waals surface area contributed by atoms with Crippen molar-refractivity contribution in [2.24, 2.45) is 11.8 Å². The Hall–Kier alpha value is -1.03. The lowest BCUT2D eigenvalue weighted by atomic mass is 9.95. The maximum absolute atomic E-state index is 6.08. The molecule has 16 heavy (non-hydrogen) atoms. The molecule has 1 fully saturated rings. The van der Waals surface area contributed by atoms with E-state index in [1.807, 2.05) is 0 Å². The van der Waals surface area contributed by atoms with Gasteiger partial charge in [-0.3, -0.25) is 0 Å². The Kier molecular flexibility index (Phi) is 3.19. The molecule has 0 amide bonds. The molecule has 1 aromatic heterocycles. The molecule has 0 spiro atoms. The van der Waals surface area contributed by atoms with Gasteiger partial charge in [-0.15, -0.1) is 0 Å². The molecule has 2 heterocycles. The SMILES string of the molecule is CC(C)C1CCN(c2nc(N)ncc2Cl)C1. The molecular formula is C11H17ClN4. The highest BCUT2D eigenvalue weighted by atomic mass is 35.5. The number of anilines is 2. The highest BCUT2D eigenvalue weighted by Gasteiger charge is 2.27. The molecule has 1 aliphatic rings. The van der Waals surface area contributed by atoms with Gasteiger partial charge in [0, 0.05) is 13.1 Å². The quantitative estimate of drug-likeness (QED) is 0.861. The first-order valence-electron chi connectivity index (χ1n) is 5.61. The third kappa shape index (κ3) is 2.21. The van der Waals surface area contributed by atoms with Crippen LogP contribution in [0.25, 0.3) is 0 Å². The molecule has 1 atom stereocenters. The van der Waals surface area contributed by atoms with Crippen molar-refractivity contribution in [1.82, 2.24) is 9.97 Å². The Bertz CT molecular complexity index is 380. The lowest BCUT2D eigenvalue weighted by Crippen LogP contribution is -2.23. The summed E-state index contributed by atoms with van der Waals surface area (Å²) in [6.45, 7) is 6.51. The van der Waals surface area contributed by atoms with Gasteiger partial charge in [0.2, 0.25) is 5.95 Å². The number of hydrogen-bond acceptors (Lipinski definition) is 4. The van der Waals surface area contributed by atoms with E-state index in [0.717, 1.165) is 18.9 Å². The summed E-state index contributed by atoms with van der Waals surface area (Å²) in [6.07, 6.45) is 2.76. The number of aromatic nitrogens is 2. The molecule has 0 aliphatic carbocycles. The van der Waals surface area contributed by atoms with E-state index in [1.165, 1.54) is 6.42 Å². The second-order valence-electron chi connectivity index (χ2n) is 4.64. The summed E-state index contributed by atoms with van der Waals surface area (Å²) in [4.78, 5) is 10.3. The maximum atomic E-state index is 6.08. The van der Waals surface area contributed by atoms with Gasteiger partial charge in [-0.25, -0.2) is 4.98 Å². The number of halogens is 1. The van der Waals surface area contributed by atoms with E-state index in [0.29, 0.717) is 16.9 Å². The molecule has 0 aromatic carbocycles. The van der Waals surface area contributed by atoms with Crippen LogP contribution in [-0.2, 0) is 0 Å². The lowest BCUT2D eigenvalue weighted by molar-refractivity contribution is 0.422. The zero-order valence-corrected chi connectivity index (χ0v) is 10.4. The van der Waals surface area contributed by atoms with Crippen LogP contribution < -0.4 is 10.6 Å². The molecule has 2 N–H and O–H groups in total. The minimum Gasteiger partial charge on any atom is -0.368 e. The smallest absolute Gasteiger partial charge is 0.222 e. The summed E-state index contributed by atoms with van der Waals surface area (Å²) in [7, 11) is 0. The summed E-state index contributed by atoms with van der Waals surface area (Å²) in [5.74, 6) is 2.47. The van der Waals surface area contributed by atoms with Gasteiger partial charge in [-0.1, -0.05) is 25.4 Å². The normalized spacial score (nSPS) is 20.8. The van der Waals surface area contributed by atoms with E-state index in [-0.39, 0.29) is 5.95 Å². The molecule has 5 heteroatoms. The maximum Gasteiger partial charge on any atom is 0.222 e. The fourth-order valence-corrected chi connectivity index (χ4v) is 2.33. The van der Waals surface area contributed by atoms with Crippen LogP contribution >= 0.6 is 11.6 Å². The Morgan fingerprint density at radius 2 is 2.31 bits per heavy atom. The molecule has 1 aliphatic heterocycles. The minimum absolute atomic E-state index is 0.285. The van der Waals surface area contributed by atoms with Crippen LogP contribution in [0.5, 0.6) is 0 Å². The minimum atomic E-state index is 0.285. The molecule has 0 saturated carbocycles. The van der Waals surface area contributed by atoms with Gasteiger partial charge < -0.3 is 10.6 Å². The van der Waals surface area contributed by atoms with Crippen molar-refractivity contribution in [3.63, 3.8) is 0 Å². The number of nitrogens with zero attached hydrogens (tertiary/aromatic N) is 3. The highest BCUT2D eigenvalue weighted by molar-refractivity contribution is 6.32. The number of nitrogens with two attached hydrogens (primary N) is 1. The second kappa shape index (κ2) is 4.45. The Morgan fingerprint density at radius 1 is 1.56 bits per heavy atom. The molecule has 4 nitrogen and oxygen atoms in total. The van der Waals surface area contributed by atoms with Gasteiger partial charge in [0.25, 0.3) is 0 Å². The standard InChI is InChI=1S/C11H17ClN4/c1-7(2)8-3-4-16(6-8)10-9(12)5-14-11(13)15-10/h5,7-8H,3-4,6H2,1-2H3,(H2,13,14,15). The van der Waals surface area contributed by atoms with Crippen LogP contribution in [0, 0.1) is 11.8 Å². The fraction of sp³-hybridized carbons (Fsp3) is 0.636. The molecule has 1 saturated heterocycles. The van der Waals surface area contributed by atoms with Crippen molar-refractivity contribution >= 4 is 23.4 Å². The predicted molar refractivity (Wildman–Crippen MR) is 66.6 cm³/mol. The van der Waals surface area contributed by atoms with Crippen LogP contribution in [0.3, 0.4) is 0 Å². The van der Waals surface area contributed by atoms with Crippen molar-refractivity contribution in [2.45, 2.75) is 20.3 Å². The van der Waals surface area contributed by atoms with Gasteiger partial charge >= 0.3 is 0 Å². The Morgan fingerprint density at radius 3 is 2.94 bits per heavy atom. The summed E-state index contributed by atoms with van der Waals surface area (Å²) in [5, 5.41) is 0.582. The third-order valence-electron chi connectivity index (χ3n) is 3.21. The molecule has 0 bridgehead atoms. The van der Waals surface area contributed by atoms with E-state index in [4.69, 9.17) is 17.3 Å². The predicted octanol–water partition coefficient (Wildman–Crippen LogP) is 2.19. The van der Waals surface area contributed by atoms with Gasteiger partial charge in [0.1, 0.15) is 5.02 Å². The topological polar surface area (TPSA) is 55.0 Å². The van der Waals surface area contributed by atoms with Crippen LogP contribution in [-0.4, -0.2) is 23.1 Å². The van der Waals surface area contributed by atoms with Crippen LogP contribution in [0.2, 0.25) is 5.02 Å². The van der Waals surface area contributed by atoms with E-state index < -0.39 is 0 Å². The van der Waals surface area contributed by atoms with E-state index in [1.54, 1.807) is 6.20 Å². The zero-order chi connectivity index (χ0) is 11.7. The van der Waals surface area contributed by atoms with Gasteiger partial charge in [-0.05, 0) is 18.3 Å². The first-order valence-corrected chi connectivity index (χ1v) is 5.98. The molecule has 2 rings (SSSR count). The van der Waals surface area contributed by atoms with Crippen molar-refractivity contribution in [1.29, 1.82) is 0 Å². The highest BCUT2D eigenvalue weighted by Crippen LogP contribution is 2.31. The van der Waals surface area contributed by atoms with Crippen molar-refractivity contribution in [2.75, 3.05) is 23.7 Å². The second-order valence-corrected chi connectivity index (χ2v) is 5.05. The monoisotopic (exact) mass is 240 g/mol. The first kappa shape index (κ1) is 11.5. The molecule has 88 valence electrons. The molecule has 1 unspecified atom stereocenters. The van der Waals surface area contributed by atoms with Gasteiger partial charge in [0.05, 0.1) is 6.20 Å². The van der Waals surface area contributed by atoms with Crippen molar-refractivity contribution in [3.05, 3.63) is 11.2 Å². The zero-order valence-electron chi connectivity index (χ0n) is 9.65. The van der Waals surface area contributed by atoms with Gasteiger partial charge in [-0.2, -0.15) is 4.98 Å². The van der Waals surface area contributed by atoms with Gasteiger partial charge in [0.15, 0.2) is 5.82 Å². The summed E-state index contributed by atoms with van der Waals surface area (Å²) < 4.78 is 0. The Balaban J connectivity index is 2.17. The van der Waals surface area contributed by atoms with Crippen LogP contribution in [0.15, 0.2) is 6.20 Å². The molecule has 0 radical (unpaired) electrons. The van der Waals surface area contributed by atoms with Crippen molar-refractivity contribution in [3.8, 4) is 0 Å². The summed E-state index contributed by atoms with van der Waals surface area (Å²) in [5.41, 5.74) is 5.58. The van der Waals surface area contributed by atoms with E-state index >= 15 is 0 Å². The first-order chi connectivity index (χ1) is 7.58. The Labute approximate surface area is 101 Å². The molecule has 1 aromatic rings. The lowest BCUT2D eigenvalue weighted by Gasteiger charge is -2.19. The van der Waals surface area contributed by atoms with Crippen LogP contribution in [0.1, 0.15) is 20.3 Å². The summed E-state index contributed by atoms with van der Waals surface area (Å²) in [6, 6.07) is 0. The fourth-order valence-electron chi connectivity index (χ4n) is 2.12. The number of rotatable bonds is 2. The van der Waals surface area contributed by atoms with Crippen molar-refractivity contribution < 1.29 is 0 Å².